The molecule has 0 atom stereocenters. The molecule has 16 heavy (non-hydrogen) atoms. The monoisotopic (exact) mass is 282 g/mol. The predicted octanol–water partition coefficient (Wildman–Crippen LogP) is 2.36. The number of rotatable bonds is 3. The number of halogens is 1. The van der Waals surface area contributed by atoms with Crippen LogP contribution in [0.3, 0.4) is 0 Å². The largest absolute Gasteiger partial charge is 0.465 e. The lowest BCUT2D eigenvalue weighted by molar-refractivity contribution is -0.143. The summed E-state index contributed by atoms with van der Waals surface area (Å²) in [6, 6.07) is 5.76. The second-order valence-corrected chi connectivity index (χ2v) is 4.14. The normalized spacial score (nSPS) is 10.6. The molecule has 0 bridgehead atoms. The van der Waals surface area contributed by atoms with Crippen molar-refractivity contribution in [2.45, 2.75) is 13.5 Å². The number of carbonyl (C=O) groups is 1. The lowest BCUT2D eigenvalue weighted by atomic mass is 10.3. The van der Waals surface area contributed by atoms with Gasteiger partial charge in [-0.25, -0.2) is 4.98 Å². The fourth-order valence-electron chi connectivity index (χ4n) is 1.52. The zero-order chi connectivity index (χ0) is 11.5. The first-order valence-electron chi connectivity index (χ1n) is 4.97. The summed E-state index contributed by atoms with van der Waals surface area (Å²) in [6.07, 6.45) is 1.65. The third-order valence-electron chi connectivity index (χ3n) is 2.21. The van der Waals surface area contributed by atoms with E-state index in [0.717, 1.165) is 15.5 Å². The lowest BCUT2D eigenvalue weighted by Gasteiger charge is -2.03. The maximum atomic E-state index is 11.4. The van der Waals surface area contributed by atoms with Gasteiger partial charge in [-0.2, -0.15) is 0 Å². The number of benzene rings is 1. The summed E-state index contributed by atoms with van der Waals surface area (Å²) < 4.78 is 7.59. The Morgan fingerprint density at radius 2 is 2.38 bits per heavy atom. The SMILES string of the molecule is CCOC(=O)Cn1cnc2c(Br)cccc21. The zero-order valence-corrected chi connectivity index (χ0v) is 10.4. The fourth-order valence-corrected chi connectivity index (χ4v) is 1.98. The van der Waals surface area contributed by atoms with Crippen LogP contribution in [0.4, 0.5) is 0 Å². The van der Waals surface area contributed by atoms with Crippen LogP contribution in [0.5, 0.6) is 0 Å². The minimum atomic E-state index is -0.248. The number of para-hydroxylation sites is 1. The molecular weight excluding hydrogens is 272 g/mol. The molecule has 0 aliphatic heterocycles. The molecule has 1 aromatic carbocycles. The van der Waals surface area contributed by atoms with Crippen molar-refractivity contribution in [3.8, 4) is 0 Å². The minimum Gasteiger partial charge on any atom is -0.465 e. The summed E-state index contributed by atoms with van der Waals surface area (Å²) in [5, 5.41) is 0. The van der Waals surface area contributed by atoms with Crippen molar-refractivity contribution in [2.24, 2.45) is 0 Å². The van der Waals surface area contributed by atoms with Crippen molar-refractivity contribution < 1.29 is 9.53 Å². The van der Waals surface area contributed by atoms with E-state index in [1.54, 1.807) is 17.8 Å². The van der Waals surface area contributed by atoms with Crippen LogP contribution in [-0.4, -0.2) is 22.1 Å². The van der Waals surface area contributed by atoms with Gasteiger partial charge in [-0.1, -0.05) is 6.07 Å². The molecule has 0 aliphatic carbocycles. The highest BCUT2D eigenvalue weighted by Crippen LogP contribution is 2.22. The lowest BCUT2D eigenvalue weighted by Crippen LogP contribution is -2.12. The van der Waals surface area contributed by atoms with Crippen molar-refractivity contribution in [1.82, 2.24) is 9.55 Å². The molecule has 2 aromatic rings. The number of aromatic nitrogens is 2. The van der Waals surface area contributed by atoms with Gasteiger partial charge < -0.3 is 9.30 Å². The van der Waals surface area contributed by atoms with E-state index in [-0.39, 0.29) is 12.5 Å². The summed E-state index contributed by atoms with van der Waals surface area (Å²) in [4.78, 5) is 15.6. The molecule has 4 nitrogen and oxygen atoms in total. The molecule has 84 valence electrons. The average Bonchev–Trinajstić information content (AvgIpc) is 2.64. The van der Waals surface area contributed by atoms with Gasteiger partial charge in [-0.15, -0.1) is 0 Å². The quantitative estimate of drug-likeness (QED) is 0.812. The van der Waals surface area contributed by atoms with Gasteiger partial charge in [0.15, 0.2) is 0 Å². The Bertz CT molecular complexity index is 522. The van der Waals surface area contributed by atoms with Crippen molar-refractivity contribution in [3.05, 3.63) is 29.0 Å². The van der Waals surface area contributed by atoms with Crippen LogP contribution in [-0.2, 0) is 16.1 Å². The van der Waals surface area contributed by atoms with Gasteiger partial charge in [0.1, 0.15) is 12.1 Å². The standard InChI is InChI=1S/C11H11BrN2O2/c1-2-16-10(15)6-14-7-13-11-8(12)4-3-5-9(11)14/h3-5,7H,2,6H2,1H3. The van der Waals surface area contributed by atoms with Crippen LogP contribution >= 0.6 is 15.9 Å². The van der Waals surface area contributed by atoms with Crippen molar-refractivity contribution in [2.75, 3.05) is 6.61 Å². The molecule has 0 fully saturated rings. The highest BCUT2D eigenvalue weighted by atomic mass is 79.9. The third kappa shape index (κ3) is 2.09. The first-order chi connectivity index (χ1) is 7.72. The number of carbonyl (C=O) groups excluding carboxylic acids is 1. The molecule has 0 spiro atoms. The van der Waals surface area contributed by atoms with Crippen LogP contribution in [0, 0.1) is 0 Å². The highest BCUT2D eigenvalue weighted by molar-refractivity contribution is 9.10. The van der Waals surface area contributed by atoms with Crippen LogP contribution < -0.4 is 0 Å². The average molecular weight is 283 g/mol. The molecule has 2 rings (SSSR count). The number of esters is 1. The molecule has 0 saturated carbocycles. The fraction of sp³-hybridized carbons (Fsp3) is 0.273. The Balaban J connectivity index is 2.32. The highest BCUT2D eigenvalue weighted by Gasteiger charge is 2.08. The maximum absolute atomic E-state index is 11.4. The maximum Gasteiger partial charge on any atom is 0.325 e. The van der Waals surface area contributed by atoms with E-state index in [9.17, 15) is 4.79 Å². The van der Waals surface area contributed by atoms with Gasteiger partial charge in [0.05, 0.1) is 18.5 Å². The first-order valence-corrected chi connectivity index (χ1v) is 5.76. The summed E-state index contributed by atoms with van der Waals surface area (Å²) >= 11 is 3.42. The number of hydrogen-bond acceptors (Lipinski definition) is 3. The van der Waals surface area contributed by atoms with E-state index in [1.807, 2.05) is 18.2 Å². The molecular formula is C11H11BrN2O2. The number of hydrogen-bond donors (Lipinski definition) is 0. The van der Waals surface area contributed by atoms with E-state index < -0.39 is 0 Å². The van der Waals surface area contributed by atoms with E-state index >= 15 is 0 Å². The molecule has 0 aliphatic rings. The molecule has 0 amide bonds. The van der Waals surface area contributed by atoms with Gasteiger partial charge >= 0.3 is 5.97 Å². The summed E-state index contributed by atoms with van der Waals surface area (Å²) in [6.45, 7) is 2.39. The second kappa shape index (κ2) is 4.65. The topological polar surface area (TPSA) is 44.1 Å². The molecule has 0 unspecified atom stereocenters. The summed E-state index contributed by atoms with van der Waals surface area (Å²) in [7, 11) is 0. The number of ether oxygens (including phenoxy) is 1. The Labute approximate surface area is 101 Å². The van der Waals surface area contributed by atoms with E-state index in [4.69, 9.17) is 4.74 Å². The van der Waals surface area contributed by atoms with Gasteiger partial charge in [-0.3, -0.25) is 4.79 Å². The third-order valence-corrected chi connectivity index (χ3v) is 2.85. The van der Waals surface area contributed by atoms with Crippen LogP contribution in [0.15, 0.2) is 29.0 Å². The molecule has 5 heteroatoms. The summed E-state index contributed by atoms with van der Waals surface area (Å²) in [5.74, 6) is -0.248. The minimum absolute atomic E-state index is 0.195. The smallest absolute Gasteiger partial charge is 0.325 e. The Morgan fingerprint density at radius 3 is 3.12 bits per heavy atom. The van der Waals surface area contributed by atoms with Crippen LogP contribution in [0.2, 0.25) is 0 Å². The molecule has 0 N–H and O–H groups in total. The summed E-state index contributed by atoms with van der Waals surface area (Å²) in [5.41, 5.74) is 1.77. The Kier molecular flexibility index (Phi) is 3.24. The second-order valence-electron chi connectivity index (χ2n) is 3.29. The van der Waals surface area contributed by atoms with E-state index in [1.165, 1.54) is 0 Å². The number of nitrogens with zero attached hydrogens (tertiary/aromatic N) is 2. The molecule has 1 aromatic heterocycles. The molecule has 1 heterocycles. The van der Waals surface area contributed by atoms with Crippen molar-refractivity contribution >= 4 is 32.9 Å². The Morgan fingerprint density at radius 1 is 1.56 bits per heavy atom. The van der Waals surface area contributed by atoms with Crippen molar-refractivity contribution in [1.29, 1.82) is 0 Å². The molecule has 0 saturated heterocycles. The zero-order valence-electron chi connectivity index (χ0n) is 8.81. The van der Waals surface area contributed by atoms with E-state index in [0.29, 0.717) is 6.61 Å². The predicted molar refractivity (Wildman–Crippen MR) is 64.1 cm³/mol. The molecule has 0 radical (unpaired) electrons. The van der Waals surface area contributed by atoms with E-state index in [2.05, 4.69) is 20.9 Å². The van der Waals surface area contributed by atoms with Gasteiger partial charge in [0.2, 0.25) is 0 Å². The number of imidazole rings is 1. The van der Waals surface area contributed by atoms with Crippen LogP contribution in [0.1, 0.15) is 6.92 Å². The van der Waals surface area contributed by atoms with Gasteiger partial charge in [0, 0.05) is 4.47 Å². The Hall–Kier alpha value is -1.36. The van der Waals surface area contributed by atoms with Crippen LogP contribution in [0.25, 0.3) is 11.0 Å². The van der Waals surface area contributed by atoms with Gasteiger partial charge in [-0.05, 0) is 35.0 Å². The number of fused-ring (bicyclic) bond motifs is 1. The first kappa shape index (κ1) is 11.1. The van der Waals surface area contributed by atoms with Gasteiger partial charge in [0.25, 0.3) is 0 Å². The van der Waals surface area contributed by atoms with Crippen molar-refractivity contribution in [3.63, 3.8) is 0 Å².